The number of hydrogen-bond donors (Lipinski definition) is 3. The van der Waals surface area contributed by atoms with Gasteiger partial charge in [-0.1, -0.05) is 18.5 Å². The molecule has 1 saturated carbocycles. The number of nitrogens with zero attached hydrogens (tertiary/aromatic N) is 1. The number of nitrogens with two attached hydrogens (primary N) is 1. The first kappa shape index (κ1) is 21.7. The third-order valence-electron chi connectivity index (χ3n) is 6.56. The van der Waals surface area contributed by atoms with Crippen LogP contribution in [0, 0.1) is 11.7 Å². The van der Waals surface area contributed by atoms with Crippen LogP contribution in [0.4, 0.5) is 10.1 Å². The van der Waals surface area contributed by atoms with Crippen molar-refractivity contribution in [3.05, 3.63) is 71.1 Å². The predicted molar refractivity (Wildman–Crippen MR) is 120 cm³/mol. The third kappa shape index (κ3) is 4.28. The zero-order valence-electron chi connectivity index (χ0n) is 17.2. The van der Waals surface area contributed by atoms with Crippen molar-refractivity contribution >= 4 is 34.1 Å². The molecule has 1 amide bonds. The molecule has 1 aromatic heterocycles. The van der Waals surface area contributed by atoms with Crippen molar-refractivity contribution in [1.29, 1.82) is 0 Å². The number of nitrogens with one attached hydrogen (secondary N) is 1. The van der Waals surface area contributed by atoms with Gasteiger partial charge in [0.05, 0.1) is 17.0 Å². The smallest absolute Gasteiger partial charge is 0.230 e. The normalized spacial score (nSPS) is 24.7. The number of amides is 1. The zero-order valence-corrected chi connectivity index (χ0v) is 18.0. The van der Waals surface area contributed by atoms with E-state index in [1.807, 2.05) is 6.07 Å². The quantitative estimate of drug-likeness (QED) is 0.544. The minimum absolute atomic E-state index is 0.259. The summed E-state index contributed by atoms with van der Waals surface area (Å²) in [6.07, 6.45) is 3.33. The molecule has 5 nitrogen and oxygen atoms in total. The monoisotopic (exact) mass is 441 g/mol. The van der Waals surface area contributed by atoms with E-state index in [9.17, 15) is 14.3 Å². The Labute approximate surface area is 185 Å². The van der Waals surface area contributed by atoms with Crippen LogP contribution >= 0.6 is 11.6 Å². The number of benzene rings is 2. The molecule has 1 aliphatic carbocycles. The Morgan fingerprint density at radius 1 is 1.16 bits per heavy atom. The maximum atomic E-state index is 13.9. The summed E-state index contributed by atoms with van der Waals surface area (Å²) < 4.78 is 13.9. The number of pyridine rings is 1. The second kappa shape index (κ2) is 8.19. The highest BCUT2D eigenvalue weighted by molar-refractivity contribution is 6.30. The number of carbonyl (C=O) groups excluding carboxylic acids is 1. The van der Waals surface area contributed by atoms with Crippen LogP contribution in [0.15, 0.2) is 54.7 Å². The number of halogens is 2. The SMILES string of the molecule is C[C@@H](C(=O)Nc1ccc(Cl)cc1)[C@]1(O)CC[C@](N)(c2ccnc3ccc(F)cc32)CC1. The van der Waals surface area contributed by atoms with Gasteiger partial charge < -0.3 is 16.2 Å². The summed E-state index contributed by atoms with van der Waals surface area (Å²) in [6, 6.07) is 13.1. The number of anilines is 1. The van der Waals surface area contributed by atoms with Gasteiger partial charge in [-0.05, 0) is 79.8 Å². The fraction of sp³-hybridized carbons (Fsp3) is 0.333. The van der Waals surface area contributed by atoms with E-state index in [0.29, 0.717) is 47.3 Å². The molecule has 1 heterocycles. The summed E-state index contributed by atoms with van der Waals surface area (Å²) >= 11 is 5.89. The van der Waals surface area contributed by atoms with E-state index in [-0.39, 0.29) is 11.7 Å². The average Bonchev–Trinajstić information content (AvgIpc) is 2.76. The molecule has 1 aliphatic rings. The van der Waals surface area contributed by atoms with Crippen LogP contribution in [0.2, 0.25) is 5.02 Å². The van der Waals surface area contributed by atoms with Gasteiger partial charge in [-0.3, -0.25) is 9.78 Å². The van der Waals surface area contributed by atoms with Gasteiger partial charge in [0.2, 0.25) is 5.91 Å². The minimum Gasteiger partial charge on any atom is -0.389 e. The lowest BCUT2D eigenvalue weighted by molar-refractivity contribution is -0.132. The first-order valence-corrected chi connectivity index (χ1v) is 10.7. The predicted octanol–water partition coefficient (Wildman–Crippen LogP) is 4.76. The Hall–Kier alpha value is -2.54. The minimum atomic E-state index is -1.17. The van der Waals surface area contributed by atoms with Gasteiger partial charge >= 0.3 is 0 Å². The first-order chi connectivity index (χ1) is 14.7. The summed E-state index contributed by atoms with van der Waals surface area (Å²) in [5.74, 6) is -1.23. The number of fused-ring (bicyclic) bond motifs is 1. The van der Waals surface area contributed by atoms with Gasteiger partial charge in [0.25, 0.3) is 0 Å². The van der Waals surface area contributed by atoms with Gasteiger partial charge in [0, 0.05) is 27.8 Å². The maximum absolute atomic E-state index is 13.9. The summed E-state index contributed by atoms with van der Waals surface area (Å²) in [5, 5.41) is 15.4. The maximum Gasteiger partial charge on any atom is 0.230 e. The molecular weight excluding hydrogens is 417 g/mol. The van der Waals surface area contributed by atoms with Crippen molar-refractivity contribution < 1.29 is 14.3 Å². The summed E-state index contributed by atoms with van der Waals surface area (Å²) in [7, 11) is 0. The molecule has 2 aromatic carbocycles. The van der Waals surface area contributed by atoms with E-state index in [1.165, 1.54) is 12.1 Å². The highest BCUT2D eigenvalue weighted by Crippen LogP contribution is 2.44. The molecule has 0 spiro atoms. The van der Waals surface area contributed by atoms with Gasteiger partial charge in [0.15, 0.2) is 0 Å². The van der Waals surface area contributed by atoms with Crippen LogP contribution in [0.5, 0.6) is 0 Å². The van der Waals surface area contributed by atoms with Crippen LogP contribution in [-0.4, -0.2) is 21.6 Å². The molecular formula is C24H25ClFN3O2. The standard InChI is InChI=1S/C24H25ClFN3O2/c1-15(22(30)29-18-5-2-16(25)3-6-18)24(31)11-9-23(27,10-12-24)20-8-13-28-21-7-4-17(26)14-19(20)21/h2-8,13-15,31H,9-12,27H2,1H3,(H,29,30)/t15-,23-,24+/m0/s1. The molecule has 4 rings (SSSR count). The van der Waals surface area contributed by atoms with Crippen LogP contribution in [0.1, 0.15) is 38.2 Å². The molecule has 1 atom stereocenters. The van der Waals surface area contributed by atoms with Gasteiger partial charge in [-0.15, -0.1) is 0 Å². The Kier molecular flexibility index (Phi) is 5.73. The fourth-order valence-corrected chi connectivity index (χ4v) is 4.54. The largest absolute Gasteiger partial charge is 0.389 e. The van der Waals surface area contributed by atoms with Crippen molar-refractivity contribution in [2.24, 2.45) is 11.7 Å². The summed E-state index contributed by atoms with van der Waals surface area (Å²) in [5.41, 5.74) is 6.98. The number of aliphatic hydroxyl groups is 1. The molecule has 162 valence electrons. The topological polar surface area (TPSA) is 88.2 Å². The molecule has 0 bridgehead atoms. The Balaban J connectivity index is 1.51. The van der Waals surface area contributed by atoms with Gasteiger partial charge in [-0.2, -0.15) is 0 Å². The Morgan fingerprint density at radius 2 is 1.84 bits per heavy atom. The molecule has 1 fully saturated rings. The number of aromatic nitrogens is 1. The zero-order chi connectivity index (χ0) is 22.2. The van der Waals surface area contributed by atoms with E-state index in [0.717, 1.165) is 5.56 Å². The molecule has 4 N–H and O–H groups in total. The lowest BCUT2D eigenvalue weighted by Crippen LogP contribution is -2.51. The van der Waals surface area contributed by atoms with Crippen LogP contribution in [0.25, 0.3) is 10.9 Å². The molecule has 7 heteroatoms. The number of rotatable bonds is 4. The Bertz CT molecular complexity index is 1110. The molecule has 0 unspecified atom stereocenters. The second-order valence-electron chi connectivity index (χ2n) is 8.50. The van der Waals surface area contributed by atoms with Crippen molar-refractivity contribution in [1.82, 2.24) is 4.98 Å². The van der Waals surface area contributed by atoms with E-state index in [2.05, 4.69) is 10.3 Å². The van der Waals surface area contributed by atoms with Crippen LogP contribution in [0.3, 0.4) is 0 Å². The average molecular weight is 442 g/mol. The van der Waals surface area contributed by atoms with E-state index in [4.69, 9.17) is 17.3 Å². The van der Waals surface area contributed by atoms with Crippen molar-refractivity contribution in [3.63, 3.8) is 0 Å². The van der Waals surface area contributed by atoms with Gasteiger partial charge in [0.1, 0.15) is 5.82 Å². The van der Waals surface area contributed by atoms with Crippen molar-refractivity contribution in [2.75, 3.05) is 5.32 Å². The van der Waals surface area contributed by atoms with Crippen molar-refractivity contribution in [2.45, 2.75) is 43.7 Å². The Morgan fingerprint density at radius 3 is 2.52 bits per heavy atom. The van der Waals surface area contributed by atoms with E-state index < -0.39 is 17.1 Å². The summed E-state index contributed by atoms with van der Waals surface area (Å²) in [4.78, 5) is 17.1. The van der Waals surface area contributed by atoms with Crippen molar-refractivity contribution in [3.8, 4) is 0 Å². The molecule has 0 radical (unpaired) electrons. The van der Waals surface area contributed by atoms with E-state index >= 15 is 0 Å². The number of hydrogen-bond acceptors (Lipinski definition) is 4. The lowest BCUT2D eigenvalue weighted by Gasteiger charge is -2.44. The third-order valence-corrected chi connectivity index (χ3v) is 6.81. The highest BCUT2D eigenvalue weighted by Gasteiger charge is 2.46. The number of carbonyl (C=O) groups is 1. The van der Waals surface area contributed by atoms with Crippen LogP contribution in [-0.2, 0) is 10.3 Å². The second-order valence-corrected chi connectivity index (χ2v) is 8.93. The molecule has 3 aromatic rings. The molecule has 31 heavy (non-hydrogen) atoms. The molecule has 0 aliphatic heterocycles. The fourth-order valence-electron chi connectivity index (χ4n) is 4.41. The lowest BCUT2D eigenvalue weighted by atomic mass is 9.67. The van der Waals surface area contributed by atoms with E-state index in [1.54, 1.807) is 43.5 Å². The van der Waals surface area contributed by atoms with Crippen LogP contribution < -0.4 is 11.1 Å². The van der Waals surface area contributed by atoms with Gasteiger partial charge in [-0.25, -0.2) is 4.39 Å². The first-order valence-electron chi connectivity index (χ1n) is 10.3. The molecule has 0 saturated heterocycles. The highest BCUT2D eigenvalue weighted by atomic mass is 35.5. The summed E-state index contributed by atoms with van der Waals surface area (Å²) in [6.45, 7) is 1.73.